The van der Waals surface area contributed by atoms with Crippen LogP contribution in [-0.2, 0) is 4.79 Å². The van der Waals surface area contributed by atoms with Crippen molar-refractivity contribution in [2.24, 2.45) is 0 Å². The monoisotopic (exact) mass is 421 g/mol. The van der Waals surface area contributed by atoms with E-state index < -0.39 is 0 Å². The SMILES string of the molecule is Cc1cccc(-n2c(SCC(=O)N3[C@H](C)CCC[C@@H]3C)nnc2-c2ccncc2)c1. The Labute approximate surface area is 181 Å². The maximum Gasteiger partial charge on any atom is 0.233 e. The molecule has 2 atom stereocenters. The Balaban J connectivity index is 1.63. The first-order valence-corrected chi connectivity index (χ1v) is 11.4. The van der Waals surface area contributed by atoms with Gasteiger partial charge in [-0.1, -0.05) is 23.9 Å². The van der Waals surface area contributed by atoms with Gasteiger partial charge in [-0.05, 0) is 69.9 Å². The number of carbonyl (C=O) groups is 1. The van der Waals surface area contributed by atoms with Gasteiger partial charge in [-0.3, -0.25) is 14.3 Å². The van der Waals surface area contributed by atoms with Crippen molar-refractivity contribution in [2.75, 3.05) is 5.75 Å². The topological polar surface area (TPSA) is 63.9 Å². The smallest absolute Gasteiger partial charge is 0.233 e. The maximum atomic E-state index is 13.0. The van der Waals surface area contributed by atoms with Gasteiger partial charge in [-0.15, -0.1) is 10.2 Å². The summed E-state index contributed by atoms with van der Waals surface area (Å²) in [7, 11) is 0. The number of pyridine rings is 1. The standard InChI is InChI=1S/C23H27N5OS/c1-16-6-4-9-20(14-16)28-22(19-10-12-24-13-11-19)25-26-23(28)30-15-21(29)27-17(2)7-5-8-18(27)3/h4,6,9-14,17-18H,5,7-8,15H2,1-3H3/t17-,18+. The average molecular weight is 422 g/mol. The third-order valence-electron chi connectivity index (χ3n) is 5.64. The normalized spacial score (nSPS) is 19.1. The number of hydrogen-bond acceptors (Lipinski definition) is 5. The highest BCUT2D eigenvalue weighted by Crippen LogP contribution is 2.29. The second-order valence-electron chi connectivity index (χ2n) is 7.94. The number of benzene rings is 1. The van der Waals surface area contributed by atoms with E-state index in [-0.39, 0.29) is 5.91 Å². The van der Waals surface area contributed by atoms with E-state index in [0.717, 1.165) is 40.6 Å². The molecule has 1 aromatic carbocycles. The number of carbonyl (C=O) groups excluding carboxylic acids is 1. The van der Waals surface area contributed by atoms with Crippen LogP contribution in [0.2, 0.25) is 0 Å². The minimum Gasteiger partial charge on any atom is -0.337 e. The van der Waals surface area contributed by atoms with Crippen LogP contribution < -0.4 is 0 Å². The van der Waals surface area contributed by atoms with Crippen LogP contribution in [0, 0.1) is 6.92 Å². The van der Waals surface area contributed by atoms with E-state index in [1.165, 1.54) is 18.2 Å². The summed E-state index contributed by atoms with van der Waals surface area (Å²) >= 11 is 1.45. The van der Waals surface area contributed by atoms with Gasteiger partial charge in [0, 0.05) is 35.7 Å². The van der Waals surface area contributed by atoms with Crippen molar-refractivity contribution in [1.82, 2.24) is 24.6 Å². The van der Waals surface area contributed by atoms with Crippen molar-refractivity contribution >= 4 is 17.7 Å². The largest absolute Gasteiger partial charge is 0.337 e. The van der Waals surface area contributed by atoms with E-state index in [1.807, 2.05) is 33.7 Å². The Morgan fingerprint density at radius 1 is 1.10 bits per heavy atom. The quantitative estimate of drug-likeness (QED) is 0.567. The zero-order valence-corrected chi connectivity index (χ0v) is 18.5. The van der Waals surface area contributed by atoms with Crippen molar-refractivity contribution in [3.05, 3.63) is 54.4 Å². The summed E-state index contributed by atoms with van der Waals surface area (Å²) in [6.07, 6.45) is 6.84. The zero-order chi connectivity index (χ0) is 21.1. The number of aromatic nitrogens is 4. The minimum atomic E-state index is 0.170. The van der Waals surface area contributed by atoms with Gasteiger partial charge in [0.25, 0.3) is 0 Å². The van der Waals surface area contributed by atoms with Crippen molar-refractivity contribution in [3.63, 3.8) is 0 Å². The summed E-state index contributed by atoms with van der Waals surface area (Å²) in [5, 5.41) is 9.61. The van der Waals surface area contributed by atoms with E-state index >= 15 is 0 Å². The van der Waals surface area contributed by atoms with Gasteiger partial charge in [-0.2, -0.15) is 0 Å². The lowest BCUT2D eigenvalue weighted by Gasteiger charge is -2.39. The van der Waals surface area contributed by atoms with E-state index in [9.17, 15) is 4.79 Å². The molecule has 1 aliphatic heterocycles. The molecular weight excluding hydrogens is 394 g/mol. The molecule has 3 heterocycles. The molecule has 4 rings (SSSR count). The van der Waals surface area contributed by atoms with Crippen LogP contribution in [0.4, 0.5) is 0 Å². The van der Waals surface area contributed by atoms with Gasteiger partial charge in [0.2, 0.25) is 5.91 Å². The number of hydrogen-bond donors (Lipinski definition) is 0. The number of thioether (sulfide) groups is 1. The summed E-state index contributed by atoms with van der Waals surface area (Å²) in [4.78, 5) is 19.2. The van der Waals surface area contributed by atoms with Gasteiger partial charge in [-0.25, -0.2) is 0 Å². The lowest BCUT2D eigenvalue weighted by Crippen LogP contribution is -2.48. The molecule has 0 bridgehead atoms. The van der Waals surface area contributed by atoms with Crippen molar-refractivity contribution in [3.8, 4) is 17.1 Å². The van der Waals surface area contributed by atoms with Gasteiger partial charge in [0.05, 0.1) is 5.75 Å². The summed E-state index contributed by atoms with van der Waals surface area (Å²) in [6.45, 7) is 6.36. The predicted octanol–water partition coefficient (Wildman–Crippen LogP) is 4.52. The fraction of sp³-hybridized carbons (Fsp3) is 0.391. The number of likely N-dealkylation sites (tertiary alicyclic amines) is 1. The third kappa shape index (κ3) is 4.26. The van der Waals surface area contributed by atoms with E-state index in [2.05, 4.69) is 48.1 Å². The third-order valence-corrected chi connectivity index (χ3v) is 6.55. The fourth-order valence-electron chi connectivity index (χ4n) is 4.16. The molecule has 3 aromatic rings. The molecule has 30 heavy (non-hydrogen) atoms. The summed E-state index contributed by atoms with van der Waals surface area (Å²) in [5.41, 5.74) is 3.08. The molecule has 2 aromatic heterocycles. The second kappa shape index (κ2) is 9.00. The summed E-state index contributed by atoms with van der Waals surface area (Å²) in [6, 6.07) is 12.7. The summed E-state index contributed by atoms with van der Waals surface area (Å²) < 4.78 is 2.03. The molecule has 0 aliphatic carbocycles. The van der Waals surface area contributed by atoms with Crippen LogP contribution in [0.5, 0.6) is 0 Å². The van der Waals surface area contributed by atoms with E-state index in [0.29, 0.717) is 17.8 Å². The molecule has 1 aliphatic rings. The Kier molecular flexibility index (Phi) is 6.18. The van der Waals surface area contributed by atoms with Crippen molar-refractivity contribution in [2.45, 2.75) is 57.3 Å². The van der Waals surface area contributed by atoms with Gasteiger partial charge in [0.15, 0.2) is 11.0 Å². The van der Waals surface area contributed by atoms with Crippen LogP contribution in [0.25, 0.3) is 17.1 Å². The molecular formula is C23H27N5OS. The van der Waals surface area contributed by atoms with Gasteiger partial charge < -0.3 is 4.90 Å². The van der Waals surface area contributed by atoms with Crippen LogP contribution in [0.1, 0.15) is 38.7 Å². The fourth-order valence-corrected chi connectivity index (χ4v) is 4.99. The Hall–Kier alpha value is -2.67. The number of amides is 1. The first-order chi connectivity index (χ1) is 14.5. The average Bonchev–Trinajstić information content (AvgIpc) is 3.17. The molecule has 0 unspecified atom stereocenters. The van der Waals surface area contributed by atoms with Gasteiger partial charge >= 0.3 is 0 Å². The molecule has 0 saturated carbocycles. The van der Waals surface area contributed by atoms with E-state index in [1.54, 1.807) is 12.4 Å². The molecule has 1 saturated heterocycles. The lowest BCUT2D eigenvalue weighted by atomic mass is 9.98. The zero-order valence-electron chi connectivity index (χ0n) is 17.7. The highest BCUT2D eigenvalue weighted by atomic mass is 32.2. The lowest BCUT2D eigenvalue weighted by molar-refractivity contribution is -0.134. The van der Waals surface area contributed by atoms with Crippen molar-refractivity contribution < 1.29 is 4.79 Å². The number of nitrogens with zero attached hydrogens (tertiary/aromatic N) is 5. The van der Waals surface area contributed by atoms with Gasteiger partial charge in [0.1, 0.15) is 0 Å². The minimum absolute atomic E-state index is 0.170. The van der Waals surface area contributed by atoms with Crippen molar-refractivity contribution in [1.29, 1.82) is 0 Å². The molecule has 7 heteroatoms. The summed E-state index contributed by atoms with van der Waals surface area (Å²) in [5.74, 6) is 1.27. The molecule has 0 spiro atoms. The number of piperidine rings is 1. The molecule has 1 amide bonds. The first kappa shape index (κ1) is 20.6. The number of rotatable bonds is 5. The van der Waals surface area contributed by atoms with E-state index in [4.69, 9.17) is 0 Å². The first-order valence-electron chi connectivity index (χ1n) is 10.4. The molecule has 0 radical (unpaired) electrons. The number of aryl methyl sites for hydroxylation is 1. The Bertz CT molecular complexity index is 1010. The van der Waals surface area contributed by atoms with Crippen LogP contribution in [-0.4, -0.2) is 48.4 Å². The van der Waals surface area contributed by atoms with Crippen LogP contribution in [0.15, 0.2) is 53.9 Å². The molecule has 0 N–H and O–H groups in total. The molecule has 156 valence electrons. The predicted molar refractivity (Wildman–Crippen MR) is 120 cm³/mol. The second-order valence-corrected chi connectivity index (χ2v) is 8.88. The maximum absolute atomic E-state index is 13.0. The van der Waals surface area contributed by atoms with Crippen LogP contribution >= 0.6 is 11.8 Å². The highest BCUT2D eigenvalue weighted by molar-refractivity contribution is 7.99. The molecule has 6 nitrogen and oxygen atoms in total. The Morgan fingerprint density at radius 3 is 2.53 bits per heavy atom. The highest BCUT2D eigenvalue weighted by Gasteiger charge is 2.29. The molecule has 1 fully saturated rings. The van der Waals surface area contributed by atoms with Crippen LogP contribution in [0.3, 0.4) is 0 Å². The Morgan fingerprint density at radius 2 is 1.83 bits per heavy atom.